The van der Waals surface area contributed by atoms with Crippen LogP contribution in [0.4, 0.5) is 5.88 Å². The number of anilines is 1. The zero-order valence-electron chi connectivity index (χ0n) is 19.1. The van der Waals surface area contributed by atoms with Crippen LogP contribution in [-0.2, 0) is 16.4 Å². The lowest BCUT2D eigenvalue weighted by atomic mass is 10.0. The highest BCUT2D eigenvalue weighted by Gasteiger charge is 2.29. The number of nitrogens with zero attached hydrogens (tertiary/aromatic N) is 1. The average molecular weight is 485 g/mol. The summed E-state index contributed by atoms with van der Waals surface area (Å²) in [5, 5.41) is 4.93. The third kappa shape index (κ3) is 4.63. The van der Waals surface area contributed by atoms with Gasteiger partial charge in [0.2, 0.25) is 26.6 Å². The number of oxazole rings is 1. The highest BCUT2D eigenvalue weighted by molar-refractivity contribution is 7.91. The van der Waals surface area contributed by atoms with E-state index >= 15 is 0 Å². The number of hydrogen-bond donors (Lipinski definition) is 1. The van der Waals surface area contributed by atoms with Gasteiger partial charge in [0.15, 0.2) is 0 Å². The normalized spacial score (nSPS) is 11.5. The summed E-state index contributed by atoms with van der Waals surface area (Å²) in [7, 11) is -3.97. The topological polar surface area (TPSA) is 81.4 Å². The average Bonchev–Trinajstić information content (AvgIpc) is 3.33. The van der Waals surface area contributed by atoms with Crippen LogP contribution in [0.3, 0.4) is 0 Å². The zero-order chi connectivity index (χ0) is 24.3. The summed E-state index contributed by atoms with van der Waals surface area (Å²) in [6.45, 7) is 2.76. The molecule has 0 aliphatic heterocycles. The first-order valence-corrected chi connectivity index (χ1v) is 12.8. The van der Waals surface area contributed by atoms with E-state index in [1.54, 1.807) is 12.1 Å². The second kappa shape index (κ2) is 9.64. The Hall–Kier alpha value is -4.10. The molecule has 0 bridgehead atoms. The minimum Gasteiger partial charge on any atom is -0.494 e. The predicted octanol–water partition coefficient (Wildman–Crippen LogP) is 6.34. The molecule has 35 heavy (non-hydrogen) atoms. The molecule has 1 heterocycles. The Bertz CT molecular complexity index is 1550. The number of benzene rings is 4. The van der Waals surface area contributed by atoms with Crippen molar-refractivity contribution in [3.8, 4) is 17.2 Å². The summed E-state index contributed by atoms with van der Waals surface area (Å²) in [4.78, 5) is 4.61. The lowest BCUT2D eigenvalue weighted by Crippen LogP contribution is -2.07. The molecule has 0 aliphatic carbocycles. The van der Waals surface area contributed by atoms with Crippen molar-refractivity contribution in [1.29, 1.82) is 0 Å². The standard InChI is InChI=1S/C28H24N2O4S/c1-2-33-22-15-17-23(18-16-22)35(31,32)28-27(29-19-20-9-4-3-5-10-20)34-26(30-28)25-14-8-12-21-11-6-7-13-24(21)25/h3-18,29H,2,19H2,1H3. The van der Waals surface area contributed by atoms with Crippen molar-refractivity contribution in [2.75, 3.05) is 11.9 Å². The second-order valence-corrected chi connectivity index (χ2v) is 9.79. The molecule has 5 aromatic rings. The molecule has 0 radical (unpaired) electrons. The molecule has 0 atom stereocenters. The number of fused-ring (bicyclic) bond motifs is 1. The summed E-state index contributed by atoms with van der Waals surface area (Å²) in [6, 6.07) is 29.6. The molecule has 4 aromatic carbocycles. The molecule has 176 valence electrons. The van der Waals surface area contributed by atoms with E-state index in [0.29, 0.717) is 18.9 Å². The highest BCUT2D eigenvalue weighted by Crippen LogP contribution is 2.35. The van der Waals surface area contributed by atoms with E-state index in [2.05, 4.69) is 10.3 Å². The van der Waals surface area contributed by atoms with Gasteiger partial charge in [0.05, 0.1) is 11.5 Å². The number of nitrogens with one attached hydrogen (secondary N) is 1. The van der Waals surface area contributed by atoms with E-state index in [9.17, 15) is 8.42 Å². The smallest absolute Gasteiger partial charge is 0.234 e. The molecular formula is C28H24N2O4S. The molecule has 0 saturated heterocycles. The monoisotopic (exact) mass is 484 g/mol. The zero-order valence-corrected chi connectivity index (χ0v) is 20.0. The summed E-state index contributed by atoms with van der Waals surface area (Å²) >= 11 is 0. The maximum atomic E-state index is 13.6. The van der Waals surface area contributed by atoms with Gasteiger partial charge in [0.1, 0.15) is 5.75 Å². The first kappa shape index (κ1) is 22.7. The first-order chi connectivity index (χ1) is 17.1. The summed E-state index contributed by atoms with van der Waals surface area (Å²) < 4.78 is 38.8. The summed E-state index contributed by atoms with van der Waals surface area (Å²) in [5.41, 5.74) is 1.71. The fourth-order valence-electron chi connectivity index (χ4n) is 3.90. The quantitative estimate of drug-likeness (QED) is 0.277. The lowest BCUT2D eigenvalue weighted by Gasteiger charge is -2.07. The maximum Gasteiger partial charge on any atom is 0.234 e. The van der Waals surface area contributed by atoms with Crippen molar-refractivity contribution in [3.05, 3.63) is 103 Å². The van der Waals surface area contributed by atoms with Gasteiger partial charge in [-0.25, -0.2) is 8.42 Å². The Balaban J connectivity index is 1.60. The fourth-order valence-corrected chi connectivity index (χ4v) is 5.18. The Morgan fingerprint density at radius 1 is 0.857 bits per heavy atom. The van der Waals surface area contributed by atoms with Crippen LogP contribution in [-0.4, -0.2) is 20.0 Å². The minimum absolute atomic E-state index is 0.102. The van der Waals surface area contributed by atoms with Crippen LogP contribution in [0.5, 0.6) is 5.75 Å². The molecule has 0 amide bonds. The van der Waals surface area contributed by atoms with Gasteiger partial charge in [-0.05, 0) is 53.6 Å². The van der Waals surface area contributed by atoms with Crippen molar-refractivity contribution in [1.82, 2.24) is 4.98 Å². The van der Waals surface area contributed by atoms with E-state index in [1.807, 2.05) is 79.7 Å². The van der Waals surface area contributed by atoms with Gasteiger partial charge >= 0.3 is 0 Å². The molecule has 0 spiro atoms. The molecular weight excluding hydrogens is 460 g/mol. The molecule has 1 aromatic heterocycles. The molecule has 0 unspecified atom stereocenters. The number of hydrogen-bond acceptors (Lipinski definition) is 6. The molecule has 1 N–H and O–H groups in total. The van der Waals surface area contributed by atoms with E-state index < -0.39 is 9.84 Å². The van der Waals surface area contributed by atoms with Crippen LogP contribution in [0, 0.1) is 0 Å². The van der Waals surface area contributed by atoms with Crippen LogP contribution in [0.1, 0.15) is 12.5 Å². The van der Waals surface area contributed by atoms with Gasteiger partial charge in [-0.15, -0.1) is 0 Å². The van der Waals surface area contributed by atoms with Gasteiger partial charge in [-0.1, -0.05) is 66.7 Å². The van der Waals surface area contributed by atoms with Gasteiger partial charge in [0, 0.05) is 12.1 Å². The van der Waals surface area contributed by atoms with Crippen LogP contribution < -0.4 is 10.1 Å². The van der Waals surface area contributed by atoms with Gasteiger partial charge in [-0.3, -0.25) is 0 Å². The molecule has 7 heteroatoms. The minimum atomic E-state index is -3.97. The molecule has 0 fully saturated rings. The van der Waals surface area contributed by atoms with Crippen molar-refractivity contribution >= 4 is 26.5 Å². The number of rotatable bonds is 8. The Morgan fingerprint density at radius 3 is 2.34 bits per heavy atom. The van der Waals surface area contributed by atoms with Crippen LogP contribution in [0.2, 0.25) is 0 Å². The van der Waals surface area contributed by atoms with Crippen LogP contribution in [0.25, 0.3) is 22.2 Å². The SMILES string of the molecule is CCOc1ccc(S(=O)(=O)c2nc(-c3cccc4ccccc34)oc2NCc2ccccc2)cc1. The van der Waals surface area contributed by atoms with Crippen molar-refractivity contribution < 1.29 is 17.6 Å². The largest absolute Gasteiger partial charge is 0.494 e. The second-order valence-electron chi connectivity index (χ2n) is 7.93. The van der Waals surface area contributed by atoms with Crippen LogP contribution >= 0.6 is 0 Å². The molecule has 0 saturated carbocycles. The maximum absolute atomic E-state index is 13.6. The number of sulfone groups is 1. The number of ether oxygens (including phenoxy) is 1. The third-order valence-corrected chi connectivity index (χ3v) is 7.29. The third-order valence-electron chi connectivity index (χ3n) is 5.61. The van der Waals surface area contributed by atoms with Crippen molar-refractivity contribution in [2.24, 2.45) is 0 Å². The first-order valence-electron chi connectivity index (χ1n) is 11.3. The van der Waals surface area contributed by atoms with Crippen LogP contribution in [0.15, 0.2) is 111 Å². The number of aromatic nitrogens is 1. The van der Waals surface area contributed by atoms with E-state index in [-0.39, 0.29) is 21.7 Å². The molecule has 6 nitrogen and oxygen atoms in total. The van der Waals surface area contributed by atoms with Gasteiger partial charge in [-0.2, -0.15) is 4.98 Å². The fraction of sp³-hybridized carbons (Fsp3) is 0.107. The van der Waals surface area contributed by atoms with E-state index in [0.717, 1.165) is 21.9 Å². The van der Waals surface area contributed by atoms with E-state index in [4.69, 9.17) is 9.15 Å². The van der Waals surface area contributed by atoms with Gasteiger partial charge < -0.3 is 14.5 Å². The van der Waals surface area contributed by atoms with Gasteiger partial charge in [0.25, 0.3) is 0 Å². The highest BCUT2D eigenvalue weighted by atomic mass is 32.2. The Morgan fingerprint density at radius 2 is 1.57 bits per heavy atom. The molecule has 5 rings (SSSR count). The van der Waals surface area contributed by atoms with Crippen molar-refractivity contribution in [3.63, 3.8) is 0 Å². The Kier molecular flexibility index (Phi) is 6.25. The summed E-state index contributed by atoms with van der Waals surface area (Å²) in [5.74, 6) is 0.943. The van der Waals surface area contributed by atoms with E-state index in [1.165, 1.54) is 12.1 Å². The van der Waals surface area contributed by atoms with Crippen molar-refractivity contribution in [2.45, 2.75) is 23.4 Å². The predicted molar refractivity (Wildman–Crippen MR) is 136 cm³/mol. The Labute approximate surface area is 204 Å². The molecule has 0 aliphatic rings. The summed E-state index contributed by atoms with van der Waals surface area (Å²) in [6.07, 6.45) is 0. The lowest BCUT2D eigenvalue weighted by molar-refractivity contribution is 0.340.